The first-order valence-electron chi connectivity index (χ1n) is 7.85. The third-order valence-electron chi connectivity index (χ3n) is 3.82. The number of thiophene rings is 1. The number of halogens is 3. The molecular formula is C19H11BrF2N2OS2. The lowest BCUT2D eigenvalue weighted by molar-refractivity contribution is 0.581. The number of benzene rings is 2. The van der Waals surface area contributed by atoms with E-state index in [1.54, 1.807) is 6.07 Å². The summed E-state index contributed by atoms with van der Waals surface area (Å²) in [6.45, 7) is 0. The molecule has 0 unspecified atom stereocenters. The molecule has 0 aliphatic carbocycles. The Morgan fingerprint density at radius 1 is 1.07 bits per heavy atom. The Hall–Kier alpha value is -2.03. The van der Waals surface area contributed by atoms with E-state index >= 15 is 0 Å². The molecule has 0 bridgehead atoms. The zero-order chi connectivity index (χ0) is 19.0. The Balaban J connectivity index is 1.79. The second-order valence-electron chi connectivity index (χ2n) is 5.71. The van der Waals surface area contributed by atoms with Gasteiger partial charge in [-0.25, -0.2) is 13.8 Å². The highest BCUT2D eigenvalue weighted by atomic mass is 79.9. The SMILES string of the molecule is O=c1c2sccc2nc(SCc2cc(F)cc(F)c2)n1-c1ccc(Br)cc1. The number of hydrogen-bond acceptors (Lipinski definition) is 4. The van der Waals surface area contributed by atoms with Crippen LogP contribution in [0.4, 0.5) is 8.78 Å². The van der Waals surface area contributed by atoms with E-state index < -0.39 is 11.6 Å². The van der Waals surface area contributed by atoms with Crippen molar-refractivity contribution in [1.29, 1.82) is 0 Å². The van der Waals surface area contributed by atoms with Crippen molar-refractivity contribution in [3.63, 3.8) is 0 Å². The molecule has 0 fully saturated rings. The minimum Gasteiger partial charge on any atom is -0.267 e. The Morgan fingerprint density at radius 2 is 1.78 bits per heavy atom. The Kier molecular flexibility index (Phi) is 5.12. The summed E-state index contributed by atoms with van der Waals surface area (Å²) < 4.78 is 29.9. The van der Waals surface area contributed by atoms with Gasteiger partial charge in [0.15, 0.2) is 5.16 Å². The number of fused-ring (bicyclic) bond motifs is 1. The van der Waals surface area contributed by atoms with Gasteiger partial charge in [0.05, 0.1) is 11.2 Å². The summed E-state index contributed by atoms with van der Waals surface area (Å²) in [7, 11) is 0. The van der Waals surface area contributed by atoms with Crippen LogP contribution in [0.15, 0.2) is 68.3 Å². The molecule has 27 heavy (non-hydrogen) atoms. The van der Waals surface area contributed by atoms with Crippen LogP contribution in [0.25, 0.3) is 15.9 Å². The lowest BCUT2D eigenvalue weighted by Gasteiger charge is -2.12. The van der Waals surface area contributed by atoms with Crippen LogP contribution >= 0.6 is 39.0 Å². The van der Waals surface area contributed by atoms with Crippen molar-refractivity contribution in [3.05, 3.63) is 85.9 Å². The molecule has 0 radical (unpaired) electrons. The third-order valence-corrected chi connectivity index (χ3v) is 6.25. The summed E-state index contributed by atoms with van der Waals surface area (Å²) >= 11 is 5.99. The zero-order valence-electron chi connectivity index (χ0n) is 13.7. The summed E-state index contributed by atoms with van der Waals surface area (Å²) in [6.07, 6.45) is 0. The molecule has 0 saturated carbocycles. The summed E-state index contributed by atoms with van der Waals surface area (Å²) in [6, 6.07) is 12.5. The van der Waals surface area contributed by atoms with Gasteiger partial charge in [-0.05, 0) is 53.4 Å². The molecule has 8 heteroatoms. The van der Waals surface area contributed by atoms with Gasteiger partial charge < -0.3 is 0 Å². The fourth-order valence-corrected chi connectivity index (χ4v) is 4.62. The second-order valence-corrected chi connectivity index (χ2v) is 8.49. The predicted octanol–water partition coefficient (Wildman–Crippen LogP) is 5.78. The average molecular weight is 465 g/mol. The molecule has 0 atom stereocenters. The van der Waals surface area contributed by atoms with Gasteiger partial charge in [0.1, 0.15) is 16.3 Å². The Bertz CT molecular complexity index is 1170. The van der Waals surface area contributed by atoms with Crippen LogP contribution in [0, 0.1) is 11.6 Å². The van der Waals surface area contributed by atoms with Gasteiger partial charge in [0.25, 0.3) is 5.56 Å². The summed E-state index contributed by atoms with van der Waals surface area (Å²) in [5.41, 5.74) is 1.62. The molecule has 2 heterocycles. The number of hydrogen-bond donors (Lipinski definition) is 0. The van der Waals surface area contributed by atoms with Gasteiger partial charge >= 0.3 is 0 Å². The molecule has 0 spiro atoms. The van der Waals surface area contributed by atoms with Gasteiger partial charge in [0.2, 0.25) is 0 Å². The Morgan fingerprint density at radius 3 is 2.48 bits per heavy atom. The fourth-order valence-electron chi connectivity index (χ4n) is 2.65. The molecule has 0 saturated heterocycles. The van der Waals surface area contributed by atoms with Gasteiger partial charge in [-0.1, -0.05) is 27.7 Å². The maximum atomic E-state index is 13.4. The number of aromatic nitrogens is 2. The lowest BCUT2D eigenvalue weighted by atomic mass is 10.2. The third kappa shape index (κ3) is 3.83. The van der Waals surface area contributed by atoms with Crippen LogP contribution in [-0.2, 0) is 5.75 Å². The molecule has 2 aromatic carbocycles. The van der Waals surface area contributed by atoms with E-state index in [1.807, 2.05) is 29.6 Å². The highest BCUT2D eigenvalue weighted by Gasteiger charge is 2.15. The predicted molar refractivity (Wildman–Crippen MR) is 109 cm³/mol. The van der Waals surface area contributed by atoms with E-state index in [1.165, 1.54) is 39.8 Å². The van der Waals surface area contributed by atoms with Gasteiger partial charge in [0, 0.05) is 16.3 Å². The van der Waals surface area contributed by atoms with E-state index in [2.05, 4.69) is 20.9 Å². The van der Waals surface area contributed by atoms with Crippen molar-refractivity contribution in [2.75, 3.05) is 0 Å². The summed E-state index contributed by atoms with van der Waals surface area (Å²) in [5.74, 6) is -0.970. The van der Waals surface area contributed by atoms with Crippen molar-refractivity contribution in [2.24, 2.45) is 0 Å². The molecule has 4 rings (SSSR count). The van der Waals surface area contributed by atoms with E-state index in [0.717, 1.165) is 10.5 Å². The maximum absolute atomic E-state index is 13.4. The average Bonchev–Trinajstić information content (AvgIpc) is 3.09. The van der Waals surface area contributed by atoms with Crippen LogP contribution in [0.2, 0.25) is 0 Å². The smallest absolute Gasteiger partial charge is 0.267 e. The van der Waals surface area contributed by atoms with Crippen LogP contribution in [0.3, 0.4) is 0 Å². The Labute approximate surface area is 169 Å². The standard InChI is InChI=1S/C19H11BrF2N2OS2/c20-12-1-3-15(4-2-12)24-18(25)17-16(5-6-26-17)23-19(24)27-10-11-7-13(21)9-14(22)8-11/h1-9H,10H2. The van der Waals surface area contributed by atoms with Crippen molar-refractivity contribution in [1.82, 2.24) is 9.55 Å². The van der Waals surface area contributed by atoms with Crippen molar-refractivity contribution >= 4 is 49.2 Å². The van der Waals surface area contributed by atoms with Crippen LogP contribution in [0.1, 0.15) is 5.56 Å². The van der Waals surface area contributed by atoms with E-state index in [9.17, 15) is 13.6 Å². The highest BCUT2D eigenvalue weighted by Crippen LogP contribution is 2.27. The normalized spacial score (nSPS) is 11.2. The molecular weight excluding hydrogens is 454 g/mol. The topological polar surface area (TPSA) is 34.9 Å². The first-order valence-corrected chi connectivity index (χ1v) is 10.5. The molecule has 0 aliphatic heterocycles. The molecule has 0 aliphatic rings. The number of nitrogens with zero attached hydrogens (tertiary/aromatic N) is 2. The fraction of sp³-hybridized carbons (Fsp3) is 0.0526. The van der Waals surface area contributed by atoms with Crippen molar-refractivity contribution in [2.45, 2.75) is 10.9 Å². The quantitative estimate of drug-likeness (QED) is 0.283. The minimum absolute atomic E-state index is 0.162. The van der Waals surface area contributed by atoms with E-state index in [-0.39, 0.29) is 11.3 Å². The first-order chi connectivity index (χ1) is 13.0. The summed E-state index contributed by atoms with van der Waals surface area (Å²) in [4.78, 5) is 17.6. The largest absolute Gasteiger partial charge is 0.276 e. The van der Waals surface area contributed by atoms with Gasteiger partial charge in [-0.3, -0.25) is 9.36 Å². The van der Waals surface area contributed by atoms with Crippen molar-refractivity contribution < 1.29 is 8.78 Å². The summed E-state index contributed by atoms with van der Waals surface area (Å²) in [5, 5.41) is 2.29. The molecule has 136 valence electrons. The zero-order valence-corrected chi connectivity index (χ0v) is 16.9. The molecule has 3 nitrogen and oxygen atoms in total. The van der Waals surface area contributed by atoms with Crippen LogP contribution in [0.5, 0.6) is 0 Å². The van der Waals surface area contributed by atoms with Gasteiger partial charge in [-0.15, -0.1) is 11.3 Å². The first kappa shape index (κ1) is 18.3. The molecule has 0 N–H and O–H groups in total. The monoisotopic (exact) mass is 464 g/mol. The maximum Gasteiger partial charge on any atom is 0.276 e. The van der Waals surface area contributed by atoms with Crippen LogP contribution in [-0.4, -0.2) is 9.55 Å². The second kappa shape index (κ2) is 7.53. The molecule has 4 aromatic rings. The van der Waals surface area contributed by atoms with Crippen LogP contribution < -0.4 is 5.56 Å². The van der Waals surface area contributed by atoms with Gasteiger partial charge in [-0.2, -0.15) is 0 Å². The highest BCUT2D eigenvalue weighted by molar-refractivity contribution is 9.10. The molecule has 2 aromatic heterocycles. The van der Waals surface area contributed by atoms with E-state index in [4.69, 9.17) is 0 Å². The number of thioether (sulfide) groups is 1. The number of rotatable bonds is 4. The van der Waals surface area contributed by atoms with E-state index in [0.29, 0.717) is 26.6 Å². The molecule has 0 amide bonds. The van der Waals surface area contributed by atoms with Crippen molar-refractivity contribution in [3.8, 4) is 5.69 Å². The lowest BCUT2D eigenvalue weighted by Crippen LogP contribution is -2.20. The minimum atomic E-state index is -0.628.